The van der Waals surface area contributed by atoms with Crippen molar-refractivity contribution in [1.29, 1.82) is 0 Å². The van der Waals surface area contributed by atoms with Crippen molar-refractivity contribution >= 4 is 12.1 Å². The van der Waals surface area contributed by atoms with E-state index in [1.54, 1.807) is 12.1 Å². The summed E-state index contributed by atoms with van der Waals surface area (Å²) in [5.41, 5.74) is 2.39. The van der Waals surface area contributed by atoms with Crippen molar-refractivity contribution in [2.75, 3.05) is 40.3 Å². The Morgan fingerprint density at radius 2 is 1.79 bits per heavy atom. The maximum atomic E-state index is 12.1. The first kappa shape index (κ1) is 22.5. The molecule has 4 N–H and O–H groups in total. The molecule has 7 heteroatoms. The summed E-state index contributed by atoms with van der Waals surface area (Å²) in [7, 11) is 4.45. The van der Waals surface area contributed by atoms with Gasteiger partial charge in [-0.1, -0.05) is 35.5 Å². The van der Waals surface area contributed by atoms with Gasteiger partial charge in [0.25, 0.3) is 5.91 Å². The molecule has 156 valence electrons. The quantitative estimate of drug-likeness (QED) is 0.170. The molecule has 2 atom stereocenters. The Bertz CT molecular complexity index is 750. The monoisotopic (exact) mass is 399 g/mol. The van der Waals surface area contributed by atoms with Crippen molar-refractivity contribution < 1.29 is 19.8 Å². The third kappa shape index (κ3) is 8.85. The number of quaternary nitrogens is 2. The summed E-state index contributed by atoms with van der Waals surface area (Å²) in [6, 6.07) is 13.9. The summed E-state index contributed by atoms with van der Waals surface area (Å²) in [6.45, 7) is 5.04. The van der Waals surface area contributed by atoms with Gasteiger partial charge in [0, 0.05) is 31.1 Å². The van der Waals surface area contributed by atoms with E-state index in [2.05, 4.69) is 59.9 Å². The third-order valence-corrected chi connectivity index (χ3v) is 4.86. The summed E-state index contributed by atoms with van der Waals surface area (Å²) >= 11 is 0. The van der Waals surface area contributed by atoms with E-state index in [4.69, 9.17) is 5.21 Å². The Balaban J connectivity index is 1.56. The van der Waals surface area contributed by atoms with Crippen LogP contribution in [0.5, 0.6) is 0 Å². The smallest absolute Gasteiger partial charge is 0.252 e. The van der Waals surface area contributed by atoms with Crippen LogP contribution >= 0.6 is 0 Å². The van der Waals surface area contributed by atoms with Gasteiger partial charge in [-0.15, -0.1) is 0 Å². The van der Waals surface area contributed by atoms with Crippen LogP contribution in [0.4, 0.5) is 0 Å². The Labute approximate surface area is 173 Å². The largest absolute Gasteiger partial charge is 0.411 e. The van der Waals surface area contributed by atoms with Crippen LogP contribution in [-0.4, -0.2) is 62.6 Å². The van der Waals surface area contributed by atoms with E-state index in [9.17, 15) is 4.79 Å². The van der Waals surface area contributed by atoms with Gasteiger partial charge in [0.1, 0.15) is 6.54 Å². The maximum absolute atomic E-state index is 12.1. The number of carbonyl (C=O) groups is 1. The van der Waals surface area contributed by atoms with Crippen LogP contribution in [0.3, 0.4) is 0 Å². The van der Waals surface area contributed by atoms with Crippen LogP contribution in [0.25, 0.3) is 0 Å². The van der Waals surface area contributed by atoms with E-state index in [-0.39, 0.29) is 5.91 Å². The molecule has 0 spiro atoms. The molecule has 2 rings (SSSR count). The molecule has 0 saturated heterocycles. The first-order valence-corrected chi connectivity index (χ1v) is 10.2. The van der Waals surface area contributed by atoms with Gasteiger partial charge in [-0.05, 0) is 12.1 Å². The lowest BCUT2D eigenvalue weighted by molar-refractivity contribution is -0.908. The minimum atomic E-state index is -0.131. The molecular weight excluding hydrogens is 366 g/mol. The van der Waals surface area contributed by atoms with Crippen molar-refractivity contribution in [2.45, 2.75) is 19.4 Å². The van der Waals surface area contributed by atoms with Crippen LogP contribution in [0.2, 0.25) is 0 Å². The summed E-state index contributed by atoms with van der Waals surface area (Å²) in [5.74, 6) is -0.131. The van der Waals surface area contributed by atoms with Crippen molar-refractivity contribution in [2.24, 2.45) is 5.16 Å². The number of pyridine rings is 1. The molecule has 1 amide bonds. The Kier molecular flexibility index (Phi) is 9.82. The number of aromatic nitrogens is 1. The lowest BCUT2D eigenvalue weighted by Crippen LogP contribution is -3.11. The van der Waals surface area contributed by atoms with Gasteiger partial charge in [0.15, 0.2) is 0 Å². The fourth-order valence-corrected chi connectivity index (χ4v) is 3.22. The highest BCUT2D eigenvalue weighted by atomic mass is 16.4. The second kappa shape index (κ2) is 12.6. The Morgan fingerprint density at radius 1 is 1.07 bits per heavy atom. The normalized spacial score (nSPS) is 13.3. The fourth-order valence-electron chi connectivity index (χ4n) is 3.22. The molecule has 0 aliphatic carbocycles. The standard InChI is InChI=1S/C22H31N5O2/c1-26(14-7-15-27(2)18-19-8-4-3-5-9-19)13-6-12-23-22(28)20-10-11-21(17-25-29)24-16-20/h3-5,8-11,16-17,29H,6-7,12-15,18H2,1-2H3,(H,23,28)/p+2/b25-17+. The second-order valence-corrected chi connectivity index (χ2v) is 7.51. The maximum Gasteiger partial charge on any atom is 0.252 e. The van der Waals surface area contributed by atoms with Crippen LogP contribution in [0.1, 0.15) is 34.5 Å². The zero-order valence-corrected chi connectivity index (χ0v) is 17.4. The second-order valence-electron chi connectivity index (χ2n) is 7.51. The van der Waals surface area contributed by atoms with Crippen molar-refractivity contribution in [3.63, 3.8) is 0 Å². The van der Waals surface area contributed by atoms with Gasteiger partial charge in [-0.2, -0.15) is 0 Å². The molecule has 0 fully saturated rings. The number of nitrogens with zero attached hydrogens (tertiary/aromatic N) is 2. The summed E-state index contributed by atoms with van der Waals surface area (Å²) in [5, 5.41) is 14.3. The van der Waals surface area contributed by atoms with E-state index in [1.807, 2.05) is 0 Å². The molecule has 1 heterocycles. The highest BCUT2D eigenvalue weighted by Gasteiger charge is 2.08. The predicted molar refractivity (Wildman–Crippen MR) is 114 cm³/mol. The molecule has 0 aliphatic rings. The molecule has 0 aliphatic heterocycles. The highest BCUT2D eigenvalue weighted by molar-refractivity contribution is 5.94. The predicted octanol–water partition coefficient (Wildman–Crippen LogP) is -0.371. The third-order valence-electron chi connectivity index (χ3n) is 4.86. The topological polar surface area (TPSA) is 83.5 Å². The average Bonchev–Trinajstić information content (AvgIpc) is 2.72. The molecule has 1 aromatic carbocycles. The van der Waals surface area contributed by atoms with Gasteiger partial charge in [0.05, 0.1) is 51.2 Å². The van der Waals surface area contributed by atoms with E-state index >= 15 is 0 Å². The molecule has 2 unspecified atom stereocenters. The van der Waals surface area contributed by atoms with Crippen molar-refractivity contribution in [3.05, 3.63) is 65.5 Å². The summed E-state index contributed by atoms with van der Waals surface area (Å²) in [4.78, 5) is 19.2. The summed E-state index contributed by atoms with van der Waals surface area (Å²) in [6.07, 6.45) is 4.83. The lowest BCUT2D eigenvalue weighted by Gasteiger charge is -2.17. The molecule has 7 nitrogen and oxygen atoms in total. The van der Waals surface area contributed by atoms with E-state index in [0.29, 0.717) is 17.8 Å². The molecule has 0 bridgehead atoms. The zero-order chi connectivity index (χ0) is 20.9. The number of amides is 1. The fraction of sp³-hybridized carbons (Fsp3) is 0.409. The number of hydrogen-bond donors (Lipinski definition) is 4. The van der Waals surface area contributed by atoms with Crippen molar-refractivity contribution in [3.8, 4) is 0 Å². The number of rotatable bonds is 12. The van der Waals surface area contributed by atoms with Gasteiger partial charge < -0.3 is 20.3 Å². The van der Waals surface area contributed by atoms with Crippen LogP contribution < -0.4 is 15.1 Å². The highest BCUT2D eigenvalue weighted by Crippen LogP contribution is 1.98. The first-order valence-electron chi connectivity index (χ1n) is 10.2. The molecule has 29 heavy (non-hydrogen) atoms. The van der Waals surface area contributed by atoms with E-state index in [1.165, 1.54) is 34.2 Å². The molecule has 0 radical (unpaired) electrons. The number of hydrogen-bond acceptors (Lipinski definition) is 4. The number of oxime groups is 1. The SMILES string of the molecule is C[NH+](CCCNC(=O)c1ccc(/C=N/O)nc1)CCC[NH+](C)Cc1ccccc1. The molecule has 0 saturated carbocycles. The van der Waals surface area contributed by atoms with Gasteiger partial charge in [0.2, 0.25) is 0 Å². The number of benzene rings is 1. The minimum absolute atomic E-state index is 0.131. The molecule has 1 aromatic heterocycles. The Hall–Kier alpha value is -2.77. The van der Waals surface area contributed by atoms with E-state index < -0.39 is 0 Å². The van der Waals surface area contributed by atoms with E-state index in [0.717, 1.165) is 32.6 Å². The molecule has 2 aromatic rings. The van der Waals surface area contributed by atoms with Crippen LogP contribution in [0.15, 0.2) is 53.8 Å². The summed E-state index contributed by atoms with van der Waals surface area (Å²) < 4.78 is 0. The molecular formula is C22H33N5O2+2. The van der Waals surface area contributed by atoms with Gasteiger partial charge >= 0.3 is 0 Å². The zero-order valence-electron chi connectivity index (χ0n) is 17.4. The van der Waals surface area contributed by atoms with Crippen LogP contribution in [-0.2, 0) is 6.54 Å². The Morgan fingerprint density at radius 3 is 2.48 bits per heavy atom. The van der Waals surface area contributed by atoms with Crippen LogP contribution in [0, 0.1) is 0 Å². The number of nitrogens with one attached hydrogen (secondary N) is 3. The number of carbonyl (C=O) groups excluding carboxylic acids is 1. The first-order chi connectivity index (χ1) is 14.1. The van der Waals surface area contributed by atoms with Gasteiger partial charge in [-0.3, -0.25) is 9.78 Å². The van der Waals surface area contributed by atoms with Crippen molar-refractivity contribution in [1.82, 2.24) is 10.3 Å². The average molecular weight is 400 g/mol. The minimum Gasteiger partial charge on any atom is -0.411 e. The lowest BCUT2D eigenvalue weighted by atomic mass is 10.2. The van der Waals surface area contributed by atoms with Gasteiger partial charge in [-0.25, -0.2) is 0 Å².